The second-order valence-electron chi connectivity index (χ2n) is 5.58. The first-order valence-corrected chi connectivity index (χ1v) is 8.42. The number of aryl methyl sites for hydroxylation is 2. The van der Waals surface area contributed by atoms with E-state index in [4.69, 9.17) is 11.6 Å². The fourth-order valence-corrected chi connectivity index (χ4v) is 4.30. The van der Waals surface area contributed by atoms with E-state index in [2.05, 4.69) is 43.2 Å². The summed E-state index contributed by atoms with van der Waals surface area (Å²) in [7, 11) is 0. The monoisotopic (exact) mass is 355 g/mol. The lowest BCUT2D eigenvalue weighted by molar-refractivity contribution is 0.935. The fourth-order valence-electron chi connectivity index (χ4n) is 2.90. The second kappa shape index (κ2) is 4.71. The maximum Gasteiger partial charge on any atom is 0.201 e. The molecule has 0 saturated heterocycles. The number of H-pyrrole nitrogens is 1. The molecule has 0 spiro atoms. The summed E-state index contributed by atoms with van der Waals surface area (Å²) in [6.45, 7) is 4.07. The minimum absolute atomic E-state index is 0.486. The first-order valence-electron chi connectivity index (χ1n) is 7.23. The molecule has 0 bridgehead atoms. The van der Waals surface area contributed by atoms with E-state index in [1.807, 2.05) is 6.92 Å². The number of hydrogen-bond donors (Lipinski definition) is 1. The maximum absolute atomic E-state index is 6.12. The summed E-state index contributed by atoms with van der Waals surface area (Å²) in [4.78, 5) is 14.8. The lowest BCUT2D eigenvalue weighted by Crippen LogP contribution is -1.90. The third-order valence-corrected chi connectivity index (χ3v) is 5.26. The normalized spacial score (nSPS) is 12.0. The van der Waals surface area contributed by atoms with Crippen molar-refractivity contribution in [2.24, 2.45) is 0 Å². The zero-order chi connectivity index (χ0) is 16.4. The van der Waals surface area contributed by atoms with E-state index in [1.54, 1.807) is 22.2 Å². The van der Waals surface area contributed by atoms with Gasteiger partial charge in [0.1, 0.15) is 21.6 Å². The average Bonchev–Trinajstić information content (AvgIpc) is 3.20. The Hall–Kier alpha value is -2.58. The molecule has 0 saturated carbocycles. The predicted octanol–water partition coefficient (Wildman–Crippen LogP) is 3.55. The van der Waals surface area contributed by atoms with Gasteiger partial charge in [-0.15, -0.1) is 16.4 Å². The van der Waals surface area contributed by atoms with Crippen LogP contribution in [0, 0.1) is 13.8 Å². The molecule has 118 valence electrons. The summed E-state index contributed by atoms with van der Waals surface area (Å²) in [5.41, 5.74) is 4.40. The van der Waals surface area contributed by atoms with Gasteiger partial charge in [-0.1, -0.05) is 11.6 Å². The summed E-state index contributed by atoms with van der Waals surface area (Å²) in [5, 5.41) is 12.8. The Bertz CT molecular complexity index is 1250. The van der Waals surface area contributed by atoms with Gasteiger partial charge in [-0.3, -0.25) is 5.10 Å². The molecule has 5 heterocycles. The Kier molecular flexibility index (Phi) is 2.71. The number of thiophene rings is 1. The lowest BCUT2D eigenvalue weighted by atomic mass is 10.1. The van der Waals surface area contributed by atoms with Gasteiger partial charge in [0.2, 0.25) is 5.82 Å². The van der Waals surface area contributed by atoms with E-state index in [-0.39, 0.29) is 0 Å². The van der Waals surface area contributed by atoms with Crippen molar-refractivity contribution < 1.29 is 0 Å². The van der Waals surface area contributed by atoms with Crippen molar-refractivity contribution in [1.29, 1.82) is 0 Å². The number of aromatic amines is 1. The molecule has 0 aliphatic carbocycles. The minimum Gasteiger partial charge on any atom is -0.273 e. The van der Waals surface area contributed by atoms with Crippen LogP contribution >= 0.6 is 22.9 Å². The number of pyridine rings is 1. The van der Waals surface area contributed by atoms with Gasteiger partial charge in [0, 0.05) is 11.1 Å². The summed E-state index contributed by atoms with van der Waals surface area (Å²) in [6.07, 6.45) is 3.20. The van der Waals surface area contributed by atoms with Gasteiger partial charge in [-0.05, 0) is 25.5 Å². The van der Waals surface area contributed by atoms with Crippen molar-refractivity contribution in [3.05, 3.63) is 34.9 Å². The summed E-state index contributed by atoms with van der Waals surface area (Å²) >= 11 is 7.70. The van der Waals surface area contributed by atoms with Gasteiger partial charge in [0.05, 0.1) is 16.7 Å². The molecule has 5 aromatic heterocycles. The van der Waals surface area contributed by atoms with E-state index in [0.29, 0.717) is 16.5 Å². The van der Waals surface area contributed by atoms with Gasteiger partial charge in [-0.25, -0.2) is 19.5 Å². The number of hydrogen-bond acceptors (Lipinski definition) is 6. The molecule has 0 fully saturated rings. The van der Waals surface area contributed by atoms with E-state index in [0.717, 1.165) is 37.3 Å². The Balaban J connectivity index is 1.89. The van der Waals surface area contributed by atoms with Crippen LogP contribution in [0.1, 0.15) is 11.3 Å². The Morgan fingerprint density at radius 1 is 1.25 bits per heavy atom. The van der Waals surface area contributed by atoms with Crippen molar-refractivity contribution in [2.75, 3.05) is 0 Å². The zero-order valence-electron chi connectivity index (χ0n) is 12.7. The van der Waals surface area contributed by atoms with Crippen LogP contribution in [0.25, 0.3) is 37.6 Å². The van der Waals surface area contributed by atoms with Crippen LogP contribution in [0.15, 0.2) is 18.6 Å². The molecule has 5 aromatic rings. The van der Waals surface area contributed by atoms with Gasteiger partial charge in [0.15, 0.2) is 5.65 Å². The van der Waals surface area contributed by atoms with Crippen molar-refractivity contribution >= 4 is 49.0 Å². The Morgan fingerprint density at radius 2 is 2.12 bits per heavy atom. The third-order valence-electron chi connectivity index (χ3n) is 3.91. The average molecular weight is 356 g/mol. The maximum atomic E-state index is 6.12. The molecule has 24 heavy (non-hydrogen) atoms. The minimum atomic E-state index is 0.486. The van der Waals surface area contributed by atoms with E-state index in [9.17, 15) is 0 Å². The van der Waals surface area contributed by atoms with Crippen molar-refractivity contribution in [2.45, 2.75) is 13.8 Å². The van der Waals surface area contributed by atoms with Gasteiger partial charge >= 0.3 is 0 Å². The third kappa shape index (κ3) is 1.80. The molecule has 0 atom stereocenters. The quantitative estimate of drug-likeness (QED) is 0.497. The van der Waals surface area contributed by atoms with Gasteiger partial charge in [0.25, 0.3) is 0 Å². The molecular weight excluding hydrogens is 346 g/mol. The molecule has 0 radical (unpaired) electrons. The highest BCUT2D eigenvalue weighted by Gasteiger charge is 2.18. The summed E-state index contributed by atoms with van der Waals surface area (Å²) in [6, 6.07) is 2.07. The molecule has 0 unspecified atom stereocenters. The number of fused-ring (bicyclic) bond motifs is 5. The number of nitrogens with zero attached hydrogens (tertiary/aromatic N) is 6. The van der Waals surface area contributed by atoms with Crippen molar-refractivity contribution in [3.63, 3.8) is 0 Å². The summed E-state index contributed by atoms with van der Waals surface area (Å²) < 4.78 is 2.62. The predicted molar refractivity (Wildman–Crippen MR) is 93.5 cm³/mol. The van der Waals surface area contributed by atoms with Gasteiger partial charge in [-0.2, -0.15) is 5.10 Å². The molecule has 9 heteroatoms. The molecule has 0 amide bonds. The molecule has 1 N–H and O–H groups in total. The van der Waals surface area contributed by atoms with Crippen LogP contribution in [0.5, 0.6) is 0 Å². The van der Waals surface area contributed by atoms with Crippen LogP contribution in [0.3, 0.4) is 0 Å². The molecule has 0 aliphatic rings. The fraction of sp³-hybridized carbons (Fsp3) is 0.133. The first-order chi connectivity index (χ1) is 11.6. The second-order valence-corrected chi connectivity index (χ2v) is 6.99. The van der Waals surface area contributed by atoms with Crippen LogP contribution in [0.4, 0.5) is 0 Å². The molecule has 7 nitrogen and oxygen atoms in total. The SMILES string of the molecule is Cc1cc(C)c2c(n1)sc1c2ncn2nc(-c3[nH]ncc3Cl)nc12. The Labute approximate surface area is 144 Å². The number of halogens is 1. The van der Waals surface area contributed by atoms with E-state index < -0.39 is 0 Å². The highest BCUT2D eigenvalue weighted by atomic mass is 35.5. The molecule has 0 aliphatic heterocycles. The van der Waals surface area contributed by atoms with Crippen LogP contribution < -0.4 is 0 Å². The molecular formula is C15H10ClN7S. The molecule has 5 rings (SSSR count). The smallest absolute Gasteiger partial charge is 0.201 e. The van der Waals surface area contributed by atoms with E-state index >= 15 is 0 Å². The highest BCUT2D eigenvalue weighted by Crippen LogP contribution is 2.36. The van der Waals surface area contributed by atoms with Crippen molar-refractivity contribution in [3.8, 4) is 11.5 Å². The number of nitrogens with one attached hydrogen (secondary N) is 1. The lowest BCUT2D eigenvalue weighted by Gasteiger charge is -1.98. The number of rotatable bonds is 1. The Morgan fingerprint density at radius 3 is 2.92 bits per heavy atom. The highest BCUT2D eigenvalue weighted by molar-refractivity contribution is 7.26. The largest absolute Gasteiger partial charge is 0.273 e. The first kappa shape index (κ1) is 13.8. The standard InChI is InChI=1S/C15H10ClN7S/c1-6-3-7(2)19-15-9(6)11-12(24-15)14-20-13(22-23(14)5-17-11)10-8(16)4-18-21-10/h3-5H,1-2H3,(H,18,21). The van der Waals surface area contributed by atoms with Gasteiger partial charge < -0.3 is 0 Å². The summed E-state index contributed by atoms with van der Waals surface area (Å²) in [5.74, 6) is 0.491. The van der Waals surface area contributed by atoms with Crippen LogP contribution in [-0.2, 0) is 0 Å². The van der Waals surface area contributed by atoms with E-state index in [1.165, 1.54) is 6.20 Å². The number of aromatic nitrogens is 7. The van der Waals surface area contributed by atoms with Crippen LogP contribution in [0.2, 0.25) is 5.02 Å². The van der Waals surface area contributed by atoms with Crippen LogP contribution in [-0.4, -0.2) is 34.8 Å². The topological polar surface area (TPSA) is 84.6 Å². The molecule has 0 aromatic carbocycles. The van der Waals surface area contributed by atoms with Crippen molar-refractivity contribution in [1.82, 2.24) is 34.8 Å². The zero-order valence-corrected chi connectivity index (χ0v) is 14.3.